The van der Waals surface area contributed by atoms with Crippen molar-refractivity contribution in [3.63, 3.8) is 0 Å². The lowest BCUT2D eigenvalue weighted by molar-refractivity contribution is 0.0769. The number of halogens is 1. The molecule has 2 unspecified atom stereocenters. The molecule has 6 heteroatoms. The third-order valence-corrected chi connectivity index (χ3v) is 7.28. The molecule has 2 aliphatic heterocycles. The molecule has 2 aromatic rings. The molecule has 0 amide bonds. The van der Waals surface area contributed by atoms with Crippen LogP contribution in [-0.2, 0) is 10.0 Å². The molecule has 2 atom stereocenters. The van der Waals surface area contributed by atoms with Gasteiger partial charge < -0.3 is 5.11 Å². The van der Waals surface area contributed by atoms with E-state index in [4.69, 9.17) is 0 Å². The summed E-state index contributed by atoms with van der Waals surface area (Å²) in [4.78, 5) is 0.223. The van der Waals surface area contributed by atoms with E-state index in [2.05, 4.69) is 0 Å². The van der Waals surface area contributed by atoms with Crippen molar-refractivity contribution < 1.29 is 17.9 Å². The van der Waals surface area contributed by atoms with E-state index in [9.17, 15) is 17.9 Å². The van der Waals surface area contributed by atoms with Crippen molar-refractivity contribution in [3.05, 3.63) is 54.3 Å². The van der Waals surface area contributed by atoms with E-state index in [1.54, 1.807) is 46.8 Å². The zero-order valence-electron chi connectivity index (χ0n) is 13.7. The maximum Gasteiger partial charge on any atom is 0.243 e. The third-order valence-electron chi connectivity index (χ3n) is 5.26. The van der Waals surface area contributed by atoms with Gasteiger partial charge in [-0.05, 0) is 49.4 Å². The molecule has 0 aliphatic carbocycles. The summed E-state index contributed by atoms with van der Waals surface area (Å²) in [6.45, 7) is 0. The fraction of sp³-hybridized carbons (Fsp3) is 0.368. The Hall–Kier alpha value is -1.76. The second-order valence-electron chi connectivity index (χ2n) is 6.85. The van der Waals surface area contributed by atoms with Gasteiger partial charge in [-0.25, -0.2) is 12.8 Å². The predicted molar refractivity (Wildman–Crippen MR) is 92.9 cm³/mol. The molecular formula is C19H20FNO3S. The van der Waals surface area contributed by atoms with E-state index in [0.29, 0.717) is 24.0 Å². The van der Waals surface area contributed by atoms with Gasteiger partial charge in [-0.15, -0.1) is 0 Å². The Morgan fingerprint density at radius 2 is 1.56 bits per heavy atom. The minimum atomic E-state index is -3.60. The van der Waals surface area contributed by atoms with E-state index in [1.807, 2.05) is 0 Å². The number of hydrogen-bond acceptors (Lipinski definition) is 3. The number of rotatable bonds is 3. The fourth-order valence-corrected chi connectivity index (χ4v) is 6.01. The molecule has 0 spiro atoms. The van der Waals surface area contributed by atoms with Crippen LogP contribution in [0.4, 0.5) is 4.39 Å². The van der Waals surface area contributed by atoms with Crippen LogP contribution in [0, 0.1) is 5.82 Å². The fourth-order valence-electron chi connectivity index (χ4n) is 4.12. The lowest BCUT2D eigenvalue weighted by Gasteiger charge is -2.36. The first-order chi connectivity index (χ1) is 12.0. The molecule has 2 fully saturated rings. The standard InChI is InChI=1S/C19H20FNO3S/c20-19-4-2-1-3-18(19)13-5-9-17(10-6-13)25(23,24)21-14-7-8-15(21)12-16(22)11-14/h1-6,9-10,14-16,22H,7-8,11-12H2. The van der Waals surface area contributed by atoms with Crippen LogP contribution in [0.5, 0.6) is 0 Å². The number of benzene rings is 2. The van der Waals surface area contributed by atoms with E-state index < -0.39 is 16.1 Å². The lowest BCUT2D eigenvalue weighted by atomic mass is 10.0. The molecule has 4 nitrogen and oxygen atoms in total. The quantitative estimate of drug-likeness (QED) is 0.914. The van der Waals surface area contributed by atoms with Crippen LogP contribution in [0.3, 0.4) is 0 Å². The van der Waals surface area contributed by atoms with Crippen molar-refractivity contribution in [3.8, 4) is 11.1 Å². The van der Waals surface area contributed by atoms with Gasteiger partial charge in [0, 0.05) is 17.6 Å². The molecular weight excluding hydrogens is 341 g/mol. The highest BCUT2D eigenvalue weighted by atomic mass is 32.2. The summed E-state index contributed by atoms with van der Waals surface area (Å²) in [5.74, 6) is -0.332. The van der Waals surface area contributed by atoms with Gasteiger partial charge in [0.1, 0.15) is 5.82 Å². The first kappa shape index (κ1) is 16.7. The molecule has 0 saturated carbocycles. The second-order valence-corrected chi connectivity index (χ2v) is 8.69. The van der Waals surface area contributed by atoms with E-state index in [1.165, 1.54) is 6.07 Å². The minimum absolute atomic E-state index is 0.120. The number of piperidine rings is 1. The highest BCUT2D eigenvalue weighted by Gasteiger charge is 2.46. The summed E-state index contributed by atoms with van der Waals surface area (Å²) >= 11 is 0. The van der Waals surface area contributed by atoms with Crippen molar-refractivity contribution in [1.82, 2.24) is 4.31 Å². The Morgan fingerprint density at radius 1 is 0.960 bits per heavy atom. The summed E-state index contributed by atoms with van der Waals surface area (Å²) in [6.07, 6.45) is 2.20. The van der Waals surface area contributed by atoms with Gasteiger partial charge in [0.15, 0.2) is 0 Å². The maximum atomic E-state index is 13.9. The van der Waals surface area contributed by atoms with Crippen molar-refractivity contribution >= 4 is 10.0 Å². The van der Waals surface area contributed by atoms with Gasteiger partial charge in [-0.3, -0.25) is 0 Å². The summed E-state index contributed by atoms with van der Waals surface area (Å²) in [5.41, 5.74) is 1.10. The van der Waals surface area contributed by atoms with Crippen LogP contribution in [0.1, 0.15) is 25.7 Å². The van der Waals surface area contributed by atoms with E-state index >= 15 is 0 Å². The molecule has 2 aromatic carbocycles. The Morgan fingerprint density at radius 3 is 2.16 bits per heavy atom. The van der Waals surface area contributed by atoms with Crippen LogP contribution < -0.4 is 0 Å². The Bertz CT molecular complexity index is 868. The number of aliphatic hydroxyl groups is 1. The summed E-state index contributed by atoms with van der Waals surface area (Å²) in [7, 11) is -3.60. The van der Waals surface area contributed by atoms with Crippen molar-refractivity contribution in [2.45, 2.75) is 48.8 Å². The molecule has 2 bridgehead atoms. The molecule has 25 heavy (non-hydrogen) atoms. The van der Waals surface area contributed by atoms with Crippen molar-refractivity contribution in [2.75, 3.05) is 0 Å². The van der Waals surface area contributed by atoms with Crippen LogP contribution in [0.25, 0.3) is 11.1 Å². The monoisotopic (exact) mass is 361 g/mol. The Labute approximate surface area is 147 Å². The van der Waals surface area contributed by atoms with Gasteiger partial charge in [0.25, 0.3) is 0 Å². The number of nitrogens with zero attached hydrogens (tertiary/aromatic N) is 1. The highest BCUT2D eigenvalue weighted by Crippen LogP contribution is 2.40. The van der Waals surface area contributed by atoms with Crippen LogP contribution in [0.2, 0.25) is 0 Å². The van der Waals surface area contributed by atoms with Gasteiger partial charge in [0.05, 0.1) is 11.0 Å². The van der Waals surface area contributed by atoms with Crippen LogP contribution in [0.15, 0.2) is 53.4 Å². The molecule has 2 aliphatic rings. The summed E-state index contributed by atoms with van der Waals surface area (Å²) in [6, 6.07) is 12.6. The van der Waals surface area contributed by atoms with Gasteiger partial charge in [-0.1, -0.05) is 30.3 Å². The third kappa shape index (κ3) is 2.88. The minimum Gasteiger partial charge on any atom is -0.393 e. The van der Waals surface area contributed by atoms with Crippen molar-refractivity contribution in [1.29, 1.82) is 0 Å². The zero-order chi connectivity index (χ0) is 17.6. The van der Waals surface area contributed by atoms with E-state index in [-0.39, 0.29) is 22.8 Å². The van der Waals surface area contributed by atoms with Gasteiger partial charge >= 0.3 is 0 Å². The number of sulfonamides is 1. The first-order valence-corrected chi connectivity index (χ1v) is 9.97. The average molecular weight is 361 g/mol. The topological polar surface area (TPSA) is 57.6 Å². The molecule has 4 rings (SSSR count). The Kier molecular flexibility index (Phi) is 4.14. The summed E-state index contributed by atoms with van der Waals surface area (Å²) < 4.78 is 41.6. The average Bonchev–Trinajstić information content (AvgIpc) is 2.88. The normalized spacial score (nSPS) is 26.7. The van der Waals surface area contributed by atoms with Gasteiger partial charge in [-0.2, -0.15) is 4.31 Å². The second kappa shape index (κ2) is 6.20. The predicted octanol–water partition coefficient (Wildman–Crippen LogP) is 3.17. The van der Waals surface area contributed by atoms with Crippen LogP contribution >= 0.6 is 0 Å². The highest BCUT2D eigenvalue weighted by molar-refractivity contribution is 7.89. The first-order valence-electron chi connectivity index (χ1n) is 8.53. The molecule has 0 radical (unpaired) electrons. The van der Waals surface area contributed by atoms with Gasteiger partial charge in [0.2, 0.25) is 10.0 Å². The largest absolute Gasteiger partial charge is 0.393 e. The number of fused-ring (bicyclic) bond motifs is 2. The summed E-state index contributed by atoms with van der Waals surface area (Å²) in [5, 5.41) is 9.88. The molecule has 2 heterocycles. The number of aliphatic hydroxyl groups excluding tert-OH is 1. The Balaban J connectivity index is 1.65. The molecule has 1 N–H and O–H groups in total. The number of hydrogen-bond donors (Lipinski definition) is 1. The SMILES string of the molecule is O=S(=O)(c1ccc(-c2ccccc2F)cc1)N1C2CCC1CC(O)C2. The lowest BCUT2D eigenvalue weighted by Crippen LogP contribution is -2.47. The smallest absolute Gasteiger partial charge is 0.243 e. The van der Waals surface area contributed by atoms with Crippen LogP contribution in [-0.4, -0.2) is 36.0 Å². The zero-order valence-corrected chi connectivity index (χ0v) is 14.5. The molecule has 2 saturated heterocycles. The molecule has 0 aromatic heterocycles. The maximum absolute atomic E-state index is 13.9. The van der Waals surface area contributed by atoms with Crippen molar-refractivity contribution in [2.24, 2.45) is 0 Å². The van der Waals surface area contributed by atoms with E-state index in [0.717, 1.165) is 12.8 Å². The molecule has 132 valence electrons.